The van der Waals surface area contributed by atoms with E-state index < -0.39 is 0 Å². The highest BCUT2D eigenvalue weighted by Crippen LogP contribution is 2.61. The van der Waals surface area contributed by atoms with Gasteiger partial charge in [0, 0.05) is 0 Å². The molecule has 0 aromatic heterocycles. The zero-order valence-electron chi connectivity index (χ0n) is 13.0. The summed E-state index contributed by atoms with van der Waals surface area (Å²) in [6.45, 7) is 4.08. The van der Waals surface area contributed by atoms with Gasteiger partial charge < -0.3 is 9.47 Å². The highest BCUT2D eigenvalue weighted by Gasteiger charge is 2.71. The molecule has 1 aliphatic carbocycles. The standard InChI is InChI=1S/C17H19NO4/c1-16-8-12-13(9-17(16,2)22-16)15(20)18(14(12)19)10-4-6-11(21-3)7-5-10/h4-7,12-13H,8-9H2,1-3H3/t12-,13+,16-,17+. The van der Waals surface area contributed by atoms with Gasteiger partial charge in [-0.15, -0.1) is 0 Å². The SMILES string of the molecule is COc1ccc(N2C(=O)[C@H]3C[C@]4(C)O[C@]4(C)C[C@H]3C2=O)cc1. The van der Waals surface area contributed by atoms with E-state index in [0.29, 0.717) is 24.3 Å². The summed E-state index contributed by atoms with van der Waals surface area (Å²) >= 11 is 0. The number of hydrogen-bond donors (Lipinski definition) is 0. The van der Waals surface area contributed by atoms with E-state index in [2.05, 4.69) is 0 Å². The van der Waals surface area contributed by atoms with E-state index in [4.69, 9.17) is 9.47 Å². The van der Waals surface area contributed by atoms with E-state index in [0.717, 1.165) is 0 Å². The number of ether oxygens (including phenoxy) is 2. The number of benzene rings is 1. The van der Waals surface area contributed by atoms with E-state index in [-0.39, 0.29) is 34.9 Å². The predicted molar refractivity (Wildman–Crippen MR) is 79.6 cm³/mol. The predicted octanol–water partition coefficient (Wildman–Crippen LogP) is 2.14. The lowest BCUT2D eigenvalue weighted by atomic mass is 9.70. The van der Waals surface area contributed by atoms with E-state index in [1.165, 1.54) is 4.90 Å². The Bertz CT molecular complexity index is 636. The first-order chi connectivity index (χ1) is 10.4. The van der Waals surface area contributed by atoms with Gasteiger partial charge in [0.05, 0.1) is 35.8 Å². The van der Waals surface area contributed by atoms with Crippen molar-refractivity contribution in [3.05, 3.63) is 24.3 Å². The molecule has 0 spiro atoms. The lowest BCUT2D eigenvalue weighted by Crippen LogP contribution is -2.37. The average molecular weight is 301 g/mol. The third kappa shape index (κ3) is 1.63. The Hall–Kier alpha value is -1.88. The first kappa shape index (κ1) is 13.8. The van der Waals surface area contributed by atoms with Crippen LogP contribution in [0.4, 0.5) is 5.69 Å². The van der Waals surface area contributed by atoms with Crippen LogP contribution in [0.5, 0.6) is 5.75 Å². The second-order valence-corrected chi connectivity index (χ2v) is 6.89. The second-order valence-electron chi connectivity index (χ2n) is 6.89. The van der Waals surface area contributed by atoms with Gasteiger partial charge in [-0.05, 0) is 51.0 Å². The van der Waals surface area contributed by atoms with Crippen molar-refractivity contribution in [1.29, 1.82) is 0 Å². The van der Waals surface area contributed by atoms with Gasteiger partial charge in [0.15, 0.2) is 0 Å². The van der Waals surface area contributed by atoms with E-state index in [1.807, 2.05) is 13.8 Å². The number of nitrogens with zero attached hydrogens (tertiary/aromatic N) is 1. The quantitative estimate of drug-likeness (QED) is 0.620. The molecule has 3 aliphatic rings. The number of amides is 2. The first-order valence-electron chi connectivity index (χ1n) is 7.61. The summed E-state index contributed by atoms with van der Waals surface area (Å²) in [6, 6.07) is 7.04. The lowest BCUT2D eigenvalue weighted by Gasteiger charge is -2.26. The fraction of sp³-hybridized carbons (Fsp3) is 0.529. The molecule has 0 bridgehead atoms. The number of epoxide rings is 1. The fourth-order valence-corrected chi connectivity index (χ4v) is 4.06. The molecule has 116 valence electrons. The van der Waals surface area contributed by atoms with Crippen molar-refractivity contribution in [1.82, 2.24) is 0 Å². The van der Waals surface area contributed by atoms with Gasteiger partial charge >= 0.3 is 0 Å². The Morgan fingerprint density at radius 2 is 1.55 bits per heavy atom. The Morgan fingerprint density at radius 1 is 1.05 bits per heavy atom. The minimum Gasteiger partial charge on any atom is -0.497 e. The maximum absolute atomic E-state index is 12.7. The van der Waals surface area contributed by atoms with Gasteiger partial charge in [0.1, 0.15) is 5.75 Å². The molecule has 2 heterocycles. The van der Waals surface area contributed by atoms with Crippen molar-refractivity contribution in [3.63, 3.8) is 0 Å². The largest absolute Gasteiger partial charge is 0.497 e. The number of fused-ring (bicyclic) bond motifs is 2. The molecule has 2 aliphatic heterocycles. The average Bonchev–Trinajstić information content (AvgIpc) is 3.00. The minimum atomic E-state index is -0.254. The van der Waals surface area contributed by atoms with Gasteiger partial charge in [0.25, 0.3) is 0 Å². The van der Waals surface area contributed by atoms with Crippen molar-refractivity contribution >= 4 is 17.5 Å². The Balaban J connectivity index is 1.65. The molecule has 3 fully saturated rings. The van der Waals surface area contributed by atoms with E-state index in [9.17, 15) is 9.59 Å². The normalized spacial score (nSPS) is 39.5. The second kappa shape index (κ2) is 4.10. The van der Waals surface area contributed by atoms with Crippen LogP contribution in [0.25, 0.3) is 0 Å². The Labute approximate surface area is 129 Å². The highest BCUT2D eigenvalue weighted by atomic mass is 16.6. The van der Waals surface area contributed by atoms with E-state index >= 15 is 0 Å². The summed E-state index contributed by atoms with van der Waals surface area (Å²) in [5, 5.41) is 0. The fourth-order valence-electron chi connectivity index (χ4n) is 4.06. The molecule has 22 heavy (non-hydrogen) atoms. The van der Waals surface area contributed by atoms with Crippen molar-refractivity contribution in [2.75, 3.05) is 12.0 Å². The summed E-state index contributed by atoms with van der Waals surface area (Å²) in [7, 11) is 1.59. The number of carbonyl (C=O) groups excluding carboxylic acids is 2. The summed E-state index contributed by atoms with van der Waals surface area (Å²) in [4.78, 5) is 26.8. The number of hydrogen-bond acceptors (Lipinski definition) is 4. The van der Waals surface area contributed by atoms with Crippen LogP contribution in [0.15, 0.2) is 24.3 Å². The van der Waals surface area contributed by atoms with Crippen LogP contribution < -0.4 is 9.64 Å². The molecule has 1 aromatic rings. The Morgan fingerprint density at radius 3 is 2.00 bits per heavy atom. The van der Waals surface area contributed by atoms with Crippen molar-refractivity contribution in [2.24, 2.45) is 11.8 Å². The summed E-state index contributed by atoms with van der Waals surface area (Å²) in [5.41, 5.74) is 0.121. The topological polar surface area (TPSA) is 59.1 Å². The van der Waals surface area contributed by atoms with E-state index in [1.54, 1.807) is 31.4 Å². The zero-order chi connectivity index (χ0) is 15.7. The number of carbonyl (C=O) groups is 2. The third-order valence-electron chi connectivity index (χ3n) is 5.64. The summed E-state index contributed by atoms with van der Waals surface area (Å²) in [5.74, 6) is -0.00170. The first-order valence-corrected chi connectivity index (χ1v) is 7.61. The number of imide groups is 1. The smallest absolute Gasteiger partial charge is 0.237 e. The number of anilines is 1. The van der Waals surface area contributed by atoms with Gasteiger partial charge in [0.2, 0.25) is 11.8 Å². The molecular weight excluding hydrogens is 282 g/mol. The molecule has 1 aromatic carbocycles. The molecule has 5 heteroatoms. The number of rotatable bonds is 2. The van der Waals surface area contributed by atoms with Crippen molar-refractivity contribution in [2.45, 2.75) is 37.9 Å². The zero-order valence-corrected chi connectivity index (χ0v) is 13.0. The highest BCUT2D eigenvalue weighted by molar-refractivity contribution is 6.22. The van der Waals surface area contributed by atoms with Crippen LogP contribution in [0.2, 0.25) is 0 Å². The number of methoxy groups -OCH3 is 1. The summed E-state index contributed by atoms with van der Waals surface area (Å²) < 4.78 is 10.9. The van der Waals surface area contributed by atoms with Gasteiger partial charge in [-0.2, -0.15) is 0 Å². The molecule has 0 radical (unpaired) electrons. The van der Waals surface area contributed by atoms with Crippen LogP contribution in [0, 0.1) is 11.8 Å². The van der Waals surface area contributed by atoms with Crippen LogP contribution >= 0.6 is 0 Å². The van der Waals surface area contributed by atoms with Crippen molar-refractivity contribution in [3.8, 4) is 5.75 Å². The van der Waals surface area contributed by atoms with Crippen LogP contribution in [-0.2, 0) is 14.3 Å². The monoisotopic (exact) mass is 301 g/mol. The third-order valence-corrected chi connectivity index (χ3v) is 5.64. The maximum Gasteiger partial charge on any atom is 0.237 e. The molecule has 4 rings (SSSR count). The maximum atomic E-state index is 12.7. The van der Waals surface area contributed by atoms with Gasteiger partial charge in [-0.3, -0.25) is 14.5 Å². The van der Waals surface area contributed by atoms with Crippen LogP contribution in [0.1, 0.15) is 26.7 Å². The molecule has 4 atom stereocenters. The molecule has 1 saturated carbocycles. The van der Waals surface area contributed by atoms with Gasteiger partial charge in [-0.1, -0.05) is 0 Å². The van der Waals surface area contributed by atoms with Crippen molar-refractivity contribution < 1.29 is 19.1 Å². The molecule has 2 saturated heterocycles. The summed E-state index contributed by atoms with van der Waals surface area (Å²) in [6.07, 6.45) is 1.26. The van der Waals surface area contributed by atoms with Gasteiger partial charge in [-0.25, -0.2) is 0 Å². The van der Waals surface area contributed by atoms with Crippen LogP contribution in [-0.4, -0.2) is 30.1 Å². The molecule has 2 amide bonds. The Kier molecular flexibility index (Phi) is 2.57. The molecular formula is C17H19NO4. The lowest BCUT2D eigenvalue weighted by molar-refractivity contribution is -0.122. The molecule has 0 unspecified atom stereocenters. The van der Waals surface area contributed by atoms with Crippen LogP contribution in [0.3, 0.4) is 0 Å². The molecule has 5 nitrogen and oxygen atoms in total. The molecule has 0 N–H and O–H groups in total. The minimum absolute atomic E-state index is 0.0982.